The van der Waals surface area contributed by atoms with Gasteiger partial charge in [-0.15, -0.1) is 0 Å². The fourth-order valence-electron chi connectivity index (χ4n) is 3.16. The molecule has 0 aromatic heterocycles. The van der Waals surface area contributed by atoms with Gasteiger partial charge in [0.1, 0.15) is 5.75 Å². The third kappa shape index (κ3) is 7.00. The van der Waals surface area contributed by atoms with Gasteiger partial charge in [0.2, 0.25) is 15.9 Å². The number of amides is 1. The van der Waals surface area contributed by atoms with Crippen LogP contribution in [0, 0.1) is 0 Å². The fraction of sp³-hybridized carbons (Fsp3) is 0.409. The summed E-state index contributed by atoms with van der Waals surface area (Å²) in [4.78, 5) is 12.5. The molecular weight excluding hydrogens is 426 g/mol. The zero-order valence-corrected chi connectivity index (χ0v) is 18.7. The maximum absolute atomic E-state index is 12.5. The van der Waals surface area contributed by atoms with Gasteiger partial charge in [-0.25, -0.2) is 8.42 Å². The topological polar surface area (TPSA) is 75.7 Å². The molecule has 0 heterocycles. The van der Waals surface area contributed by atoms with Gasteiger partial charge in [-0.05, 0) is 48.7 Å². The van der Waals surface area contributed by atoms with E-state index in [4.69, 9.17) is 0 Å². The van der Waals surface area contributed by atoms with Gasteiger partial charge < -0.3 is 10.1 Å². The average molecular weight is 455 g/mol. The molecule has 0 aliphatic carbocycles. The maximum Gasteiger partial charge on any atom is 0.387 e. The second-order valence-corrected chi connectivity index (χ2v) is 8.91. The second kappa shape index (κ2) is 11.2. The van der Waals surface area contributed by atoms with Crippen molar-refractivity contribution in [3.05, 3.63) is 59.7 Å². The molecule has 2 aromatic rings. The van der Waals surface area contributed by atoms with E-state index in [1.807, 2.05) is 0 Å². The van der Waals surface area contributed by atoms with Gasteiger partial charge in [-0.1, -0.05) is 38.1 Å². The van der Waals surface area contributed by atoms with Crippen LogP contribution in [-0.2, 0) is 21.2 Å². The lowest BCUT2D eigenvalue weighted by Crippen LogP contribution is -2.30. The summed E-state index contributed by atoms with van der Waals surface area (Å²) in [6, 6.07) is 12.3. The van der Waals surface area contributed by atoms with Gasteiger partial charge in [0.05, 0.1) is 10.9 Å². The number of alkyl halides is 2. The number of hydrogen-bond donors (Lipinski definition) is 1. The number of nitrogens with one attached hydrogen (secondary N) is 1. The summed E-state index contributed by atoms with van der Waals surface area (Å²) in [5, 5.41) is 2.83. The van der Waals surface area contributed by atoms with Crippen LogP contribution in [0.25, 0.3) is 0 Å². The molecule has 170 valence electrons. The van der Waals surface area contributed by atoms with Crippen molar-refractivity contribution in [3.63, 3.8) is 0 Å². The molecule has 0 bridgehead atoms. The number of hydrogen-bond acceptors (Lipinski definition) is 4. The summed E-state index contributed by atoms with van der Waals surface area (Å²) in [5.41, 5.74) is 1.49. The highest BCUT2D eigenvalue weighted by molar-refractivity contribution is 7.89. The van der Waals surface area contributed by atoms with E-state index in [0.717, 1.165) is 5.56 Å². The van der Waals surface area contributed by atoms with E-state index in [-0.39, 0.29) is 29.0 Å². The summed E-state index contributed by atoms with van der Waals surface area (Å²) >= 11 is 0. The molecule has 31 heavy (non-hydrogen) atoms. The highest BCUT2D eigenvalue weighted by atomic mass is 32.2. The summed E-state index contributed by atoms with van der Waals surface area (Å²) in [6.45, 7) is 3.22. The van der Waals surface area contributed by atoms with E-state index in [0.29, 0.717) is 25.1 Å². The minimum Gasteiger partial charge on any atom is -0.435 e. The van der Waals surface area contributed by atoms with Crippen LogP contribution in [0.1, 0.15) is 44.4 Å². The van der Waals surface area contributed by atoms with Crippen LogP contribution in [0.2, 0.25) is 0 Å². The Morgan fingerprint density at radius 2 is 1.74 bits per heavy atom. The van der Waals surface area contributed by atoms with E-state index in [1.165, 1.54) is 16.4 Å². The zero-order chi connectivity index (χ0) is 23.0. The molecular formula is C22H28F2N2O4S. The first-order valence-electron chi connectivity index (χ1n) is 10.1. The van der Waals surface area contributed by atoms with Crippen molar-refractivity contribution in [2.24, 2.45) is 0 Å². The Kier molecular flexibility index (Phi) is 8.94. The van der Waals surface area contributed by atoms with Gasteiger partial charge in [-0.3, -0.25) is 4.79 Å². The van der Waals surface area contributed by atoms with Crippen molar-refractivity contribution in [1.29, 1.82) is 0 Å². The van der Waals surface area contributed by atoms with Gasteiger partial charge in [0.15, 0.2) is 0 Å². The third-order valence-electron chi connectivity index (χ3n) is 4.87. The first kappa shape index (κ1) is 24.7. The smallest absolute Gasteiger partial charge is 0.387 e. The normalized spacial score (nSPS) is 12.7. The standard InChI is InChI=1S/C22H28F2N2O4S/c1-4-26(5-2)31(28,29)20-12-9-17(10-13-20)11-14-21(27)25-16(3)18-7-6-8-19(15-18)30-22(23)24/h6-10,12-13,15-16,22H,4-5,11,14H2,1-3H3,(H,25,27). The quantitative estimate of drug-likeness (QED) is 0.554. The van der Waals surface area contributed by atoms with Crippen molar-refractivity contribution in [3.8, 4) is 5.75 Å². The molecule has 1 unspecified atom stereocenters. The Labute approximate surface area is 182 Å². The Hall–Kier alpha value is -2.52. The van der Waals surface area contributed by atoms with Gasteiger partial charge >= 0.3 is 6.61 Å². The monoisotopic (exact) mass is 454 g/mol. The van der Waals surface area contributed by atoms with Crippen LogP contribution in [-0.4, -0.2) is 38.3 Å². The molecule has 0 spiro atoms. The summed E-state index contributed by atoms with van der Waals surface area (Å²) in [7, 11) is -3.51. The van der Waals surface area contributed by atoms with Gasteiger partial charge in [0, 0.05) is 19.5 Å². The van der Waals surface area contributed by atoms with Crippen molar-refractivity contribution < 1.29 is 26.7 Å². The van der Waals surface area contributed by atoms with Crippen molar-refractivity contribution >= 4 is 15.9 Å². The number of sulfonamides is 1. The first-order chi connectivity index (χ1) is 14.7. The Bertz CT molecular complexity index is 962. The molecule has 1 amide bonds. The lowest BCUT2D eigenvalue weighted by atomic mass is 10.1. The predicted molar refractivity (Wildman–Crippen MR) is 115 cm³/mol. The molecule has 0 saturated carbocycles. The van der Waals surface area contributed by atoms with E-state index in [2.05, 4.69) is 10.1 Å². The minimum absolute atomic E-state index is 0.0355. The van der Waals surface area contributed by atoms with Crippen LogP contribution in [0.15, 0.2) is 53.4 Å². The Morgan fingerprint density at radius 3 is 2.32 bits per heavy atom. The minimum atomic E-state index is -3.51. The van der Waals surface area contributed by atoms with E-state index in [9.17, 15) is 22.0 Å². The predicted octanol–water partition coefficient (Wildman–Crippen LogP) is 4.13. The molecule has 0 aliphatic rings. The average Bonchev–Trinajstić information content (AvgIpc) is 2.73. The lowest BCUT2D eigenvalue weighted by Gasteiger charge is -2.18. The van der Waals surface area contributed by atoms with E-state index >= 15 is 0 Å². The molecule has 1 N–H and O–H groups in total. The number of benzene rings is 2. The number of carbonyl (C=O) groups is 1. The molecule has 2 aromatic carbocycles. The van der Waals surface area contributed by atoms with Gasteiger partial charge in [0.25, 0.3) is 0 Å². The van der Waals surface area contributed by atoms with Crippen molar-refractivity contribution in [2.45, 2.75) is 51.2 Å². The lowest BCUT2D eigenvalue weighted by molar-refractivity contribution is -0.121. The molecule has 6 nitrogen and oxygen atoms in total. The van der Waals surface area contributed by atoms with Crippen molar-refractivity contribution in [1.82, 2.24) is 9.62 Å². The number of carbonyl (C=O) groups excluding carboxylic acids is 1. The summed E-state index contributed by atoms with van der Waals surface area (Å²) < 4.78 is 55.5. The molecule has 0 aliphatic heterocycles. The van der Waals surface area contributed by atoms with Crippen LogP contribution in [0.3, 0.4) is 0 Å². The van der Waals surface area contributed by atoms with Crippen LogP contribution in [0.5, 0.6) is 5.75 Å². The van der Waals surface area contributed by atoms with Gasteiger partial charge in [-0.2, -0.15) is 13.1 Å². The Morgan fingerprint density at radius 1 is 1.10 bits per heavy atom. The largest absolute Gasteiger partial charge is 0.435 e. The zero-order valence-electron chi connectivity index (χ0n) is 17.8. The third-order valence-corrected chi connectivity index (χ3v) is 6.93. The van der Waals surface area contributed by atoms with Crippen LogP contribution < -0.4 is 10.1 Å². The summed E-state index contributed by atoms with van der Waals surface area (Å²) in [6.07, 6.45) is 0.651. The second-order valence-electron chi connectivity index (χ2n) is 6.97. The van der Waals surface area contributed by atoms with Crippen molar-refractivity contribution in [2.75, 3.05) is 13.1 Å². The van der Waals surface area contributed by atoms with E-state index in [1.54, 1.807) is 57.2 Å². The molecule has 9 heteroatoms. The number of ether oxygens (including phenoxy) is 1. The van der Waals surface area contributed by atoms with Crippen LogP contribution >= 0.6 is 0 Å². The molecule has 0 fully saturated rings. The number of halogens is 2. The first-order valence-corrected chi connectivity index (χ1v) is 11.5. The molecule has 0 saturated heterocycles. The number of rotatable bonds is 11. The SMILES string of the molecule is CCN(CC)S(=O)(=O)c1ccc(CCC(=O)NC(C)c2cccc(OC(F)F)c2)cc1. The van der Waals surface area contributed by atoms with Crippen LogP contribution in [0.4, 0.5) is 8.78 Å². The van der Waals surface area contributed by atoms with E-state index < -0.39 is 16.6 Å². The summed E-state index contributed by atoms with van der Waals surface area (Å²) in [5.74, 6) is -0.166. The maximum atomic E-state index is 12.5. The molecule has 1 atom stereocenters. The number of aryl methyl sites for hydroxylation is 1. The number of nitrogens with zero attached hydrogens (tertiary/aromatic N) is 1. The molecule has 0 radical (unpaired) electrons. The Balaban J connectivity index is 1.93. The fourth-order valence-corrected chi connectivity index (χ4v) is 4.61. The molecule has 2 rings (SSSR count). The highest BCUT2D eigenvalue weighted by Gasteiger charge is 2.21. The highest BCUT2D eigenvalue weighted by Crippen LogP contribution is 2.21.